The predicted molar refractivity (Wildman–Crippen MR) is 116 cm³/mol. The third-order valence-electron chi connectivity index (χ3n) is 7.41. The summed E-state index contributed by atoms with van der Waals surface area (Å²) in [4.78, 5) is 30.8. The fourth-order valence-corrected chi connectivity index (χ4v) is 5.77. The van der Waals surface area contributed by atoms with Gasteiger partial charge in [-0.25, -0.2) is 0 Å². The number of amides is 2. The first-order valence-electron chi connectivity index (χ1n) is 11.1. The molecule has 5 heteroatoms. The van der Waals surface area contributed by atoms with Gasteiger partial charge in [-0.05, 0) is 30.0 Å². The van der Waals surface area contributed by atoms with E-state index in [0.29, 0.717) is 26.2 Å². The molecule has 0 aromatic heterocycles. The lowest BCUT2D eigenvalue weighted by molar-refractivity contribution is -0.143. The van der Waals surface area contributed by atoms with Gasteiger partial charge in [0, 0.05) is 19.6 Å². The lowest BCUT2D eigenvalue weighted by atomic mass is 9.76. The van der Waals surface area contributed by atoms with Crippen molar-refractivity contribution in [2.24, 2.45) is 11.8 Å². The van der Waals surface area contributed by atoms with Gasteiger partial charge in [-0.1, -0.05) is 66.2 Å². The maximum absolute atomic E-state index is 13.6. The molecule has 4 atom stereocenters. The fourth-order valence-electron chi connectivity index (χ4n) is 5.77. The summed E-state index contributed by atoms with van der Waals surface area (Å²) in [6, 6.07) is 16.6. The van der Waals surface area contributed by atoms with Gasteiger partial charge in [0.25, 0.3) is 0 Å². The van der Waals surface area contributed by atoms with Crippen molar-refractivity contribution in [3.8, 4) is 0 Å². The van der Waals surface area contributed by atoms with E-state index in [4.69, 9.17) is 4.74 Å². The second kappa shape index (κ2) is 6.79. The Morgan fingerprint density at radius 2 is 1.81 bits per heavy atom. The maximum atomic E-state index is 13.6. The summed E-state index contributed by atoms with van der Waals surface area (Å²) < 4.78 is 6.30. The van der Waals surface area contributed by atoms with E-state index in [1.165, 1.54) is 22.3 Å². The van der Waals surface area contributed by atoms with Crippen LogP contribution in [0.15, 0.2) is 60.7 Å². The highest BCUT2D eigenvalue weighted by Crippen LogP contribution is 2.52. The maximum Gasteiger partial charge on any atom is 0.230 e. The quantitative estimate of drug-likeness (QED) is 0.723. The van der Waals surface area contributed by atoms with E-state index in [-0.39, 0.29) is 17.9 Å². The van der Waals surface area contributed by atoms with Crippen molar-refractivity contribution in [2.45, 2.75) is 38.1 Å². The van der Waals surface area contributed by atoms with Crippen LogP contribution < -0.4 is 0 Å². The molecule has 0 aliphatic carbocycles. The second-order valence-electron chi connectivity index (χ2n) is 9.36. The van der Waals surface area contributed by atoms with Crippen molar-refractivity contribution >= 4 is 11.8 Å². The first kappa shape index (κ1) is 18.8. The van der Waals surface area contributed by atoms with Gasteiger partial charge in [0.1, 0.15) is 5.60 Å². The fraction of sp³-hybridized carbons (Fsp3) is 0.385. The number of likely N-dealkylation sites (tertiary alicyclic amines) is 1. The number of fused-ring (bicyclic) bond motifs is 2. The van der Waals surface area contributed by atoms with Gasteiger partial charge < -0.3 is 14.5 Å². The van der Waals surface area contributed by atoms with Gasteiger partial charge in [0.15, 0.2) is 0 Å². The van der Waals surface area contributed by atoms with Crippen LogP contribution in [-0.4, -0.2) is 46.4 Å². The van der Waals surface area contributed by atoms with Gasteiger partial charge in [0.2, 0.25) is 11.8 Å². The predicted octanol–water partition coefficient (Wildman–Crippen LogP) is 2.86. The summed E-state index contributed by atoms with van der Waals surface area (Å²) in [6.07, 6.45) is 4.56. The van der Waals surface area contributed by atoms with Crippen molar-refractivity contribution in [3.63, 3.8) is 0 Å². The molecule has 2 saturated heterocycles. The topological polar surface area (TPSA) is 49.9 Å². The first-order chi connectivity index (χ1) is 15.0. The SMILES string of the molecule is Cc1ccc(CCN2C[C@]34C=C[C@H](O3)[C@H](C(=O)N3Cc5ccccc5C3)[C@H]4C2=O)cc1. The van der Waals surface area contributed by atoms with Crippen LogP contribution in [0.1, 0.15) is 22.3 Å². The minimum atomic E-state index is -0.637. The van der Waals surface area contributed by atoms with Crippen LogP contribution in [0, 0.1) is 18.8 Å². The summed E-state index contributed by atoms with van der Waals surface area (Å²) in [5.74, 6) is -0.715. The zero-order chi connectivity index (χ0) is 21.2. The van der Waals surface area contributed by atoms with Crippen LogP contribution in [0.2, 0.25) is 0 Å². The highest BCUT2D eigenvalue weighted by molar-refractivity contribution is 5.93. The average Bonchev–Trinajstić information content (AvgIpc) is 3.52. The number of carbonyl (C=O) groups excluding carboxylic acids is 2. The number of hydrogen-bond acceptors (Lipinski definition) is 3. The molecule has 2 aromatic carbocycles. The molecule has 4 heterocycles. The highest BCUT2D eigenvalue weighted by atomic mass is 16.5. The van der Waals surface area contributed by atoms with Gasteiger partial charge in [-0.15, -0.1) is 0 Å². The number of carbonyl (C=O) groups is 2. The lowest BCUT2D eigenvalue weighted by Crippen LogP contribution is -2.44. The third-order valence-corrected chi connectivity index (χ3v) is 7.41. The highest BCUT2D eigenvalue weighted by Gasteiger charge is 2.67. The van der Waals surface area contributed by atoms with Crippen LogP contribution >= 0.6 is 0 Å². The van der Waals surface area contributed by atoms with E-state index >= 15 is 0 Å². The Bertz CT molecular complexity index is 1070. The van der Waals surface area contributed by atoms with Crippen LogP contribution in [0.5, 0.6) is 0 Å². The number of aryl methyl sites for hydroxylation is 1. The summed E-state index contributed by atoms with van der Waals surface area (Å²) in [6.45, 7) is 4.50. The Labute approximate surface area is 182 Å². The largest absolute Gasteiger partial charge is 0.360 e. The van der Waals surface area contributed by atoms with E-state index in [9.17, 15) is 9.59 Å². The van der Waals surface area contributed by atoms with Gasteiger partial charge in [-0.3, -0.25) is 9.59 Å². The summed E-state index contributed by atoms with van der Waals surface area (Å²) in [5.41, 5.74) is 4.21. The van der Waals surface area contributed by atoms with Crippen LogP contribution in [0.3, 0.4) is 0 Å². The number of hydrogen-bond donors (Lipinski definition) is 0. The standard InChI is InChI=1S/C26H26N2O3/c1-17-6-8-18(9-7-17)11-13-27-16-26-12-10-21(31-26)22(23(26)25(27)30)24(29)28-14-19-4-2-3-5-20(19)15-28/h2-10,12,21-23H,11,13-16H2,1H3/t21-,22-,23-,26-/m0/s1. The van der Waals surface area contributed by atoms with Crippen LogP contribution in [0.4, 0.5) is 0 Å². The number of benzene rings is 2. The minimum absolute atomic E-state index is 0.0474. The molecule has 4 aliphatic heterocycles. The van der Waals surface area contributed by atoms with Crippen molar-refractivity contribution < 1.29 is 14.3 Å². The molecule has 6 rings (SSSR count). The van der Waals surface area contributed by atoms with Gasteiger partial charge in [0.05, 0.1) is 24.5 Å². The van der Waals surface area contributed by atoms with Crippen molar-refractivity contribution in [1.82, 2.24) is 9.80 Å². The molecule has 31 heavy (non-hydrogen) atoms. The summed E-state index contributed by atoms with van der Waals surface area (Å²) >= 11 is 0. The summed E-state index contributed by atoms with van der Waals surface area (Å²) in [7, 11) is 0. The number of rotatable bonds is 4. The van der Waals surface area contributed by atoms with Crippen LogP contribution in [0.25, 0.3) is 0 Å². The molecular weight excluding hydrogens is 388 g/mol. The van der Waals surface area contributed by atoms with E-state index in [2.05, 4.69) is 43.3 Å². The Morgan fingerprint density at radius 1 is 1.10 bits per heavy atom. The molecule has 158 valence electrons. The van der Waals surface area contributed by atoms with E-state index in [0.717, 1.165) is 6.42 Å². The number of ether oxygens (including phenoxy) is 1. The van der Waals surface area contributed by atoms with Crippen molar-refractivity contribution in [3.05, 3.63) is 82.9 Å². The van der Waals surface area contributed by atoms with E-state index < -0.39 is 17.4 Å². The molecule has 0 unspecified atom stereocenters. The molecule has 2 amide bonds. The molecule has 2 aromatic rings. The van der Waals surface area contributed by atoms with E-state index in [1.807, 2.05) is 34.1 Å². The molecule has 0 radical (unpaired) electrons. The minimum Gasteiger partial charge on any atom is -0.360 e. The molecule has 2 fully saturated rings. The zero-order valence-electron chi connectivity index (χ0n) is 17.7. The normalized spacial score (nSPS) is 30.2. The molecule has 4 aliphatic rings. The molecule has 0 N–H and O–H groups in total. The molecule has 1 spiro atoms. The third kappa shape index (κ3) is 2.87. The molecule has 2 bridgehead atoms. The molecule has 5 nitrogen and oxygen atoms in total. The Hall–Kier alpha value is -2.92. The average molecular weight is 415 g/mol. The Morgan fingerprint density at radius 3 is 2.52 bits per heavy atom. The summed E-state index contributed by atoms with van der Waals surface area (Å²) in [5, 5.41) is 0. The zero-order valence-corrected chi connectivity index (χ0v) is 17.7. The van der Waals surface area contributed by atoms with Gasteiger partial charge >= 0.3 is 0 Å². The number of nitrogens with zero attached hydrogens (tertiary/aromatic N) is 2. The van der Waals surface area contributed by atoms with E-state index in [1.54, 1.807) is 0 Å². The Balaban J connectivity index is 1.20. The lowest BCUT2D eigenvalue weighted by Gasteiger charge is -2.27. The van der Waals surface area contributed by atoms with Gasteiger partial charge in [-0.2, -0.15) is 0 Å². The second-order valence-corrected chi connectivity index (χ2v) is 9.36. The smallest absolute Gasteiger partial charge is 0.230 e. The molecular formula is C26H26N2O3. The monoisotopic (exact) mass is 414 g/mol. The van der Waals surface area contributed by atoms with Crippen molar-refractivity contribution in [1.29, 1.82) is 0 Å². The molecule has 0 saturated carbocycles. The first-order valence-corrected chi connectivity index (χ1v) is 11.1. The Kier molecular flexibility index (Phi) is 4.12. The van der Waals surface area contributed by atoms with Crippen LogP contribution in [-0.2, 0) is 33.8 Å². The van der Waals surface area contributed by atoms with Crippen molar-refractivity contribution in [2.75, 3.05) is 13.1 Å².